The van der Waals surface area contributed by atoms with Crippen molar-refractivity contribution in [3.8, 4) is 0 Å². The Balaban J connectivity index is 1.62. The first kappa shape index (κ1) is 14.6. The summed E-state index contributed by atoms with van der Waals surface area (Å²) in [5.74, 6) is 0.0538. The largest absolute Gasteiger partial charge is 0.416 e. The molecule has 2 N–H and O–H groups in total. The lowest BCUT2D eigenvalue weighted by molar-refractivity contribution is -0.137. The Morgan fingerprint density at radius 3 is 2.77 bits per heavy atom. The van der Waals surface area contributed by atoms with Crippen molar-refractivity contribution >= 4 is 5.91 Å². The molecule has 0 bridgehead atoms. The van der Waals surface area contributed by atoms with Gasteiger partial charge in [0.1, 0.15) is 5.69 Å². The third kappa shape index (κ3) is 3.29. The second-order valence-corrected chi connectivity index (χ2v) is 5.36. The van der Waals surface area contributed by atoms with Crippen LogP contribution in [0.15, 0.2) is 30.3 Å². The van der Waals surface area contributed by atoms with Crippen LogP contribution in [-0.2, 0) is 12.7 Å². The molecule has 7 heteroatoms. The van der Waals surface area contributed by atoms with Crippen LogP contribution >= 0.6 is 0 Å². The number of hydrogen-bond donors (Lipinski definition) is 2. The molecule has 0 aliphatic heterocycles. The van der Waals surface area contributed by atoms with Gasteiger partial charge in [0.15, 0.2) is 0 Å². The first-order chi connectivity index (χ1) is 10.4. The van der Waals surface area contributed by atoms with Gasteiger partial charge in [-0.05, 0) is 36.6 Å². The standard InChI is InChI=1S/C15H14F3N3O/c16-15(17,18)11-3-1-2-9(6-11)8-19-14(22)13-7-12(20-21-13)10-4-5-10/h1-3,6-7,10H,4-5,8H2,(H,19,22)(H,20,21). The summed E-state index contributed by atoms with van der Waals surface area (Å²) >= 11 is 0. The summed E-state index contributed by atoms with van der Waals surface area (Å²) in [6.45, 7) is 0.0222. The number of rotatable bonds is 4. The van der Waals surface area contributed by atoms with Crippen molar-refractivity contribution in [2.24, 2.45) is 0 Å². The van der Waals surface area contributed by atoms with Gasteiger partial charge < -0.3 is 5.32 Å². The third-order valence-corrected chi connectivity index (χ3v) is 3.55. The first-order valence-electron chi connectivity index (χ1n) is 6.93. The molecule has 0 atom stereocenters. The minimum absolute atomic E-state index is 0.0222. The average Bonchev–Trinajstić information content (AvgIpc) is 3.21. The second-order valence-electron chi connectivity index (χ2n) is 5.36. The summed E-state index contributed by atoms with van der Waals surface area (Å²) in [5.41, 5.74) is 0.856. The van der Waals surface area contributed by atoms with E-state index in [0.29, 0.717) is 11.5 Å². The van der Waals surface area contributed by atoms with E-state index in [9.17, 15) is 18.0 Å². The summed E-state index contributed by atoms with van der Waals surface area (Å²) in [7, 11) is 0. The maximum atomic E-state index is 12.6. The maximum Gasteiger partial charge on any atom is 0.416 e. The number of carbonyl (C=O) groups excluding carboxylic acids is 1. The third-order valence-electron chi connectivity index (χ3n) is 3.55. The topological polar surface area (TPSA) is 57.8 Å². The van der Waals surface area contributed by atoms with Gasteiger partial charge >= 0.3 is 6.18 Å². The lowest BCUT2D eigenvalue weighted by atomic mass is 10.1. The van der Waals surface area contributed by atoms with E-state index in [1.54, 1.807) is 6.07 Å². The zero-order chi connectivity index (χ0) is 15.7. The molecule has 1 fully saturated rings. The molecule has 1 aliphatic rings. The van der Waals surface area contributed by atoms with E-state index in [1.165, 1.54) is 12.1 Å². The number of hydrogen-bond acceptors (Lipinski definition) is 2. The maximum absolute atomic E-state index is 12.6. The number of aromatic amines is 1. The van der Waals surface area contributed by atoms with Crippen LogP contribution in [0.3, 0.4) is 0 Å². The summed E-state index contributed by atoms with van der Waals surface area (Å²) in [5, 5.41) is 9.32. The smallest absolute Gasteiger partial charge is 0.347 e. The minimum atomic E-state index is -4.39. The Morgan fingerprint density at radius 2 is 2.09 bits per heavy atom. The highest BCUT2D eigenvalue weighted by Gasteiger charge is 2.30. The summed E-state index contributed by atoms with van der Waals surface area (Å²) in [6, 6.07) is 6.58. The van der Waals surface area contributed by atoms with Gasteiger partial charge in [0.2, 0.25) is 0 Å². The van der Waals surface area contributed by atoms with Gasteiger partial charge in [0.25, 0.3) is 5.91 Å². The molecule has 0 spiro atoms. The van der Waals surface area contributed by atoms with E-state index in [1.807, 2.05) is 0 Å². The number of carbonyl (C=O) groups is 1. The van der Waals surface area contributed by atoms with Crippen LogP contribution in [0.2, 0.25) is 0 Å². The number of amides is 1. The molecule has 1 heterocycles. The molecule has 116 valence electrons. The highest BCUT2D eigenvalue weighted by atomic mass is 19.4. The highest BCUT2D eigenvalue weighted by molar-refractivity contribution is 5.92. The van der Waals surface area contributed by atoms with Crippen molar-refractivity contribution in [1.29, 1.82) is 0 Å². The predicted molar refractivity (Wildman–Crippen MR) is 73.2 cm³/mol. The van der Waals surface area contributed by atoms with Gasteiger partial charge in [0, 0.05) is 18.2 Å². The molecular formula is C15H14F3N3O. The highest BCUT2D eigenvalue weighted by Crippen LogP contribution is 2.39. The SMILES string of the molecule is O=C(NCc1cccc(C(F)(F)F)c1)c1cc(C2CC2)[nH]n1. The van der Waals surface area contributed by atoms with Gasteiger partial charge in [-0.3, -0.25) is 9.89 Å². The number of halogens is 3. The fourth-order valence-corrected chi connectivity index (χ4v) is 2.19. The monoisotopic (exact) mass is 309 g/mol. The molecule has 1 saturated carbocycles. The van der Waals surface area contributed by atoms with Crippen molar-refractivity contribution in [1.82, 2.24) is 15.5 Å². The quantitative estimate of drug-likeness (QED) is 0.911. The Kier molecular flexibility index (Phi) is 3.64. The molecule has 22 heavy (non-hydrogen) atoms. The van der Waals surface area contributed by atoms with E-state index < -0.39 is 17.6 Å². The van der Waals surface area contributed by atoms with Crippen molar-refractivity contribution in [2.45, 2.75) is 31.5 Å². The molecule has 1 amide bonds. The molecule has 0 radical (unpaired) electrons. The van der Waals surface area contributed by atoms with Gasteiger partial charge in [-0.25, -0.2) is 0 Å². The van der Waals surface area contributed by atoms with E-state index in [2.05, 4.69) is 15.5 Å². The molecule has 0 saturated heterocycles. The summed E-state index contributed by atoms with van der Waals surface area (Å²) < 4.78 is 37.8. The molecule has 2 aromatic rings. The second kappa shape index (κ2) is 5.47. The van der Waals surface area contributed by atoms with Gasteiger partial charge in [-0.15, -0.1) is 0 Å². The number of nitrogens with zero attached hydrogens (tertiary/aromatic N) is 1. The van der Waals surface area contributed by atoms with Crippen LogP contribution in [0.25, 0.3) is 0 Å². The summed E-state index contributed by atoms with van der Waals surface area (Å²) in [4.78, 5) is 11.9. The van der Waals surface area contributed by atoms with Crippen LogP contribution in [0.5, 0.6) is 0 Å². The van der Waals surface area contributed by atoms with E-state index in [4.69, 9.17) is 0 Å². The van der Waals surface area contributed by atoms with Crippen molar-refractivity contribution in [2.75, 3.05) is 0 Å². The minimum Gasteiger partial charge on any atom is -0.347 e. The fraction of sp³-hybridized carbons (Fsp3) is 0.333. The zero-order valence-corrected chi connectivity index (χ0v) is 11.6. The lowest BCUT2D eigenvalue weighted by Gasteiger charge is -2.09. The first-order valence-corrected chi connectivity index (χ1v) is 6.93. The molecular weight excluding hydrogens is 295 g/mol. The zero-order valence-electron chi connectivity index (χ0n) is 11.6. The van der Waals surface area contributed by atoms with Crippen LogP contribution in [0, 0.1) is 0 Å². The molecule has 1 aromatic carbocycles. The summed E-state index contributed by atoms with van der Waals surface area (Å²) in [6.07, 6.45) is -2.21. The molecule has 4 nitrogen and oxygen atoms in total. The number of H-pyrrole nitrogens is 1. The predicted octanol–water partition coefficient (Wildman–Crippen LogP) is 3.24. The van der Waals surface area contributed by atoms with E-state index >= 15 is 0 Å². The van der Waals surface area contributed by atoms with Crippen molar-refractivity contribution in [3.05, 3.63) is 52.8 Å². The Morgan fingerprint density at radius 1 is 1.32 bits per heavy atom. The van der Waals surface area contributed by atoms with Crippen molar-refractivity contribution in [3.63, 3.8) is 0 Å². The van der Waals surface area contributed by atoms with Crippen molar-refractivity contribution < 1.29 is 18.0 Å². The van der Waals surface area contributed by atoms with Crippen LogP contribution < -0.4 is 5.32 Å². The van der Waals surface area contributed by atoms with E-state index in [0.717, 1.165) is 30.7 Å². The lowest BCUT2D eigenvalue weighted by Crippen LogP contribution is -2.23. The fourth-order valence-electron chi connectivity index (χ4n) is 2.19. The Labute approximate surface area is 124 Å². The number of aromatic nitrogens is 2. The van der Waals surface area contributed by atoms with Gasteiger partial charge in [-0.2, -0.15) is 18.3 Å². The molecule has 0 unspecified atom stereocenters. The average molecular weight is 309 g/mol. The van der Waals surface area contributed by atoms with E-state index in [-0.39, 0.29) is 12.2 Å². The van der Waals surface area contributed by atoms with Gasteiger partial charge in [0.05, 0.1) is 5.56 Å². The number of nitrogens with one attached hydrogen (secondary N) is 2. The molecule has 1 aliphatic carbocycles. The number of benzene rings is 1. The van der Waals surface area contributed by atoms with Crippen LogP contribution in [0.1, 0.15) is 46.1 Å². The van der Waals surface area contributed by atoms with Crippen LogP contribution in [-0.4, -0.2) is 16.1 Å². The Hall–Kier alpha value is -2.31. The normalized spacial score (nSPS) is 14.9. The van der Waals surface area contributed by atoms with Gasteiger partial charge in [-0.1, -0.05) is 12.1 Å². The Bertz CT molecular complexity index is 689. The van der Waals surface area contributed by atoms with Crippen LogP contribution in [0.4, 0.5) is 13.2 Å². The number of alkyl halides is 3. The molecule has 3 rings (SSSR count). The molecule has 1 aromatic heterocycles.